The van der Waals surface area contributed by atoms with E-state index in [1.54, 1.807) is 12.1 Å². The highest BCUT2D eigenvalue weighted by atomic mass is 16.6. The van der Waals surface area contributed by atoms with Gasteiger partial charge in [0.2, 0.25) is 0 Å². The van der Waals surface area contributed by atoms with Gasteiger partial charge in [-0.3, -0.25) is 10.1 Å². The van der Waals surface area contributed by atoms with Crippen LogP contribution < -0.4 is 4.90 Å². The lowest BCUT2D eigenvalue weighted by Crippen LogP contribution is -2.37. The number of anilines is 1. The van der Waals surface area contributed by atoms with Crippen LogP contribution in [0.3, 0.4) is 0 Å². The lowest BCUT2D eigenvalue weighted by Gasteiger charge is -2.30. The molecule has 2 aromatic carbocycles. The summed E-state index contributed by atoms with van der Waals surface area (Å²) >= 11 is 0. The molecule has 1 aliphatic heterocycles. The van der Waals surface area contributed by atoms with Crippen LogP contribution in [0.2, 0.25) is 0 Å². The van der Waals surface area contributed by atoms with Crippen LogP contribution in [0.5, 0.6) is 0 Å². The van der Waals surface area contributed by atoms with Crippen LogP contribution >= 0.6 is 0 Å². The number of non-ortho nitro benzene ring substituents is 1. The third kappa shape index (κ3) is 3.41. The first-order valence-corrected chi connectivity index (χ1v) is 10.3. The number of hydrogen-bond donors (Lipinski definition) is 0. The van der Waals surface area contributed by atoms with Crippen molar-refractivity contribution in [2.24, 2.45) is 0 Å². The van der Waals surface area contributed by atoms with Gasteiger partial charge in [-0.25, -0.2) is 9.97 Å². The van der Waals surface area contributed by atoms with Gasteiger partial charge in [-0.1, -0.05) is 24.3 Å². The molecule has 5 rings (SSSR count). The van der Waals surface area contributed by atoms with E-state index in [2.05, 4.69) is 29.2 Å². The number of rotatable bonds is 3. The first-order chi connectivity index (χ1) is 14.7. The third-order valence-corrected chi connectivity index (χ3v) is 5.78. The summed E-state index contributed by atoms with van der Waals surface area (Å²) in [5.74, 6) is 1.56. The maximum atomic E-state index is 11.0. The van der Waals surface area contributed by atoms with Gasteiger partial charge in [0.15, 0.2) is 5.82 Å². The topological polar surface area (TPSA) is 81.4 Å². The molecule has 0 N–H and O–H groups in total. The quantitative estimate of drug-likeness (QED) is 0.486. The summed E-state index contributed by atoms with van der Waals surface area (Å²) in [6, 6.07) is 14.9. The van der Waals surface area contributed by atoms with Gasteiger partial charge in [0.1, 0.15) is 5.82 Å². The number of morpholine rings is 1. The summed E-state index contributed by atoms with van der Waals surface area (Å²) < 4.78 is 5.55. The van der Waals surface area contributed by atoms with Gasteiger partial charge in [-0.15, -0.1) is 0 Å². The summed E-state index contributed by atoms with van der Waals surface area (Å²) in [6.07, 6.45) is 3.00. The molecule has 0 unspecified atom stereocenters. The van der Waals surface area contributed by atoms with E-state index in [9.17, 15) is 10.1 Å². The van der Waals surface area contributed by atoms with Crippen molar-refractivity contribution < 1.29 is 9.66 Å². The van der Waals surface area contributed by atoms with Gasteiger partial charge in [-0.2, -0.15) is 0 Å². The number of aryl methyl sites for hydroxylation is 1. The summed E-state index contributed by atoms with van der Waals surface area (Å²) in [4.78, 5) is 22.9. The van der Waals surface area contributed by atoms with Crippen LogP contribution in [0.15, 0.2) is 48.5 Å². The predicted octanol–water partition coefficient (Wildman–Crippen LogP) is 4.04. The molecule has 1 aliphatic carbocycles. The number of hydrogen-bond acceptors (Lipinski definition) is 6. The Morgan fingerprint density at radius 1 is 0.967 bits per heavy atom. The Labute approximate surface area is 174 Å². The number of aromatic nitrogens is 2. The molecule has 0 radical (unpaired) electrons. The lowest BCUT2D eigenvalue weighted by molar-refractivity contribution is -0.384. The van der Waals surface area contributed by atoms with Gasteiger partial charge < -0.3 is 9.64 Å². The Kier molecular flexibility index (Phi) is 4.88. The Balaban J connectivity index is 1.69. The van der Waals surface area contributed by atoms with Crippen molar-refractivity contribution in [1.82, 2.24) is 9.97 Å². The summed E-state index contributed by atoms with van der Waals surface area (Å²) in [5.41, 5.74) is 5.47. The number of nitro benzene ring substituents is 1. The number of benzene rings is 2. The Morgan fingerprint density at radius 3 is 2.50 bits per heavy atom. The summed E-state index contributed by atoms with van der Waals surface area (Å²) in [7, 11) is 0. The highest BCUT2D eigenvalue weighted by Crippen LogP contribution is 2.37. The fourth-order valence-corrected chi connectivity index (χ4v) is 4.25. The number of nitrogens with zero attached hydrogens (tertiary/aromatic N) is 4. The second-order valence-electron chi connectivity index (χ2n) is 7.61. The first kappa shape index (κ1) is 18.7. The summed E-state index contributed by atoms with van der Waals surface area (Å²) in [6.45, 7) is 2.96. The first-order valence-electron chi connectivity index (χ1n) is 10.3. The second kappa shape index (κ2) is 7.84. The van der Waals surface area contributed by atoms with E-state index in [0.717, 1.165) is 55.0 Å². The fourth-order valence-electron chi connectivity index (χ4n) is 4.25. The molecule has 2 aliphatic rings. The standard InChI is InChI=1S/C23H22N4O3/c28-27(29)18-10-8-17(9-11-18)22-24-21-19-6-2-1-4-16(19)5-3-7-20(21)23(25-22)26-12-14-30-15-13-26/h1-2,4,6,8-11H,3,5,7,12-15H2. The minimum Gasteiger partial charge on any atom is -0.378 e. The van der Waals surface area contributed by atoms with E-state index in [4.69, 9.17) is 14.7 Å². The molecule has 1 aromatic heterocycles. The van der Waals surface area contributed by atoms with Crippen LogP contribution in [0.4, 0.5) is 11.5 Å². The highest BCUT2D eigenvalue weighted by molar-refractivity contribution is 5.76. The minimum absolute atomic E-state index is 0.0623. The lowest BCUT2D eigenvalue weighted by atomic mass is 10.0. The SMILES string of the molecule is O=[N+]([O-])c1ccc(-c2nc3c(c(N4CCOCC4)n2)CCCc2ccccc2-3)cc1. The molecule has 0 saturated carbocycles. The Bertz CT molecular complexity index is 1090. The Hall–Kier alpha value is -3.32. The van der Waals surface area contributed by atoms with Crippen molar-refractivity contribution in [1.29, 1.82) is 0 Å². The molecular weight excluding hydrogens is 380 g/mol. The molecule has 1 fully saturated rings. The smallest absolute Gasteiger partial charge is 0.269 e. The van der Waals surface area contributed by atoms with E-state index in [1.807, 2.05) is 0 Å². The summed E-state index contributed by atoms with van der Waals surface area (Å²) in [5, 5.41) is 11.0. The average molecular weight is 402 g/mol. The van der Waals surface area contributed by atoms with Crippen molar-refractivity contribution in [2.75, 3.05) is 31.2 Å². The van der Waals surface area contributed by atoms with Crippen molar-refractivity contribution in [2.45, 2.75) is 19.3 Å². The van der Waals surface area contributed by atoms with Crippen molar-refractivity contribution in [3.8, 4) is 22.6 Å². The number of fused-ring (bicyclic) bond motifs is 3. The minimum atomic E-state index is -0.392. The molecule has 0 atom stereocenters. The van der Waals surface area contributed by atoms with Crippen LogP contribution in [0, 0.1) is 10.1 Å². The van der Waals surface area contributed by atoms with E-state index >= 15 is 0 Å². The molecule has 7 heteroatoms. The van der Waals surface area contributed by atoms with Crippen molar-refractivity contribution in [3.05, 3.63) is 69.8 Å². The molecule has 0 spiro atoms. The van der Waals surface area contributed by atoms with E-state index < -0.39 is 4.92 Å². The van der Waals surface area contributed by atoms with E-state index in [0.29, 0.717) is 19.0 Å². The molecule has 0 bridgehead atoms. The number of nitro groups is 1. The normalized spacial score (nSPS) is 15.8. The zero-order valence-corrected chi connectivity index (χ0v) is 16.6. The van der Waals surface area contributed by atoms with Crippen molar-refractivity contribution >= 4 is 11.5 Å². The zero-order valence-electron chi connectivity index (χ0n) is 16.6. The molecule has 30 heavy (non-hydrogen) atoms. The van der Waals surface area contributed by atoms with Gasteiger partial charge in [0.25, 0.3) is 5.69 Å². The largest absolute Gasteiger partial charge is 0.378 e. The monoisotopic (exact) mass is 402 g/mol. The fraction of sp³-hybridized carbons (Fsp3) is 0.304. The highest BCUT2D eigenvalue weighted by Gasteiger charge is 2.25. The molecule has 1 saturated heterocycles. The van der Waals surface area contributed by atoms with Crippen LogP contribution in [0.25, 0.3) is 22.6 Å². The van der Waals surface area contributed by atoms with Crippen molar-refractivity contribution in [3.63, 3.8) is 0 Å². The van der Waals surface area contributed by atoms with Gasteiger partial charge in [0, 0.05) is 41.9 Å². The maximum Gasteiger partial charge on any atom is 0.269 e. The van der Waals surface area contributed by atoms with Gasteiger partial charge >= 0.3 is 0 Å². The zero-order chi connectivity index (χ0) is 20.5. The predicted molar refractivity (Wildman–Crippen MR) is 115 cm³/mol. The molecule has 7 nitrogen and oxygen atoms in total. The number of ether oxygens (including phenoxy) is 1. The average Bonchev–Trinajstić information content (AvgIpc) is 2.98. The van der Waals surface area contributed by atoms with E-state index in [1.165, 1.54) is 23.3 Å². The van der Waals surface area contributed by atoms with Crippen LogP contribution in [-0.2, 0) is 17.6 Å². The third-order valence-electron chi connectivity index (χ3n) is 5.78. The van der Waals surface area contributed by atoms with Crippen LogP contribution in [0.1, 0.15) is 17.5 Å². The molecule has 3 aromatic rings. The molecule has 2 heterocycles. The van der Waals surface area contributed by atoms with Gasteiger partial charge in [0.05, 0.1) is 23.8 Å². The second-order valence-corrected chi connectivity index (χ2v) is 7.61. The molecular formula is C23H22N4O3. The van der Waals surface area contributed by atoms with E-state index in [-0.39, 0.29) is 5.69 Å². The van der Waals surface area contributed by atoms with Crippen LogP contribution in [-0.4, -0.2) is 41.2 Å². The molecule has 152 valence electrons. The van der Waals surface area contributed by atoms with Gasteiger partial charge in [-0.05, 0) is 37.0 Å². The molecule has 0 amide bonds. The Morgan fingerprint density at radius 2 is 1.73 bits per heavy atom. The maximum absolute atomic E-state index is 11.0.